The zero-order valence-corrected chi connectivity index (χ0v) is 16.2. The van der Waals surface area contributed by atoms with Crippen LogP contribution in [0, 0.1) is 5.82 Å². The predicted molar refractivity (Wildman–Crippen MR) is 105 cm³/mol. The topological polar surface area (TPSA) is 59.8 Å². The fourth-order valence-electron chi connectivity index (χ4n) is 2.47. The number of carbonyl (C=O) groups excluding carboxylic acids is 1. The van der Waals surface area contributed by atoms with Crippen molar-refractivity contribution in [1.29, 1.82) is 0 Å². The van der Waals surface area contributed by atoms with Crippen molar-refractivity contribution in [3.63, 3.8) is 0 Å². The van der Waals surface area contributed by atoms with Gasteiger partial charge in [-0.1, -0.05) is 35.5 Å². The molecule has 0 bridgehead atoms. The molecular formula is C19H18ClFN4OS. The van der Waals surface area contributed by atoms with E-state index < -0.39 is 0 Å². The zero-order valence-electron chi connectivity index (χ0n) is 14.7. The smallest absolute Gasteiger partial charge is 0.230 e. The third kappa shape index (κ3) is 5.30. The Kier molecular flexibility index (Phi) is 6.47. The predicted octanol–water partition coefficient (Wildman–Crippen LogP) is 3.73. The number of rotatable bonds is 7. The van der Waals surface area contributed by atoms with Gasteiger partial charge in [0.25, 0.3) is 0 Å². The van der Waals surface area contributed by atoms with Crippen molar-refractivity contribution in [2.75, 3.05) is 12.3 Å². The van der Waals surface area contributed by atoms with E-state index in [0.29, 0.717) is 29.0 Å². The van der Waals surface area contributed by atoms with Gasteiger partial charge >= 0.3 is 0 Å². The van der Waals surface area contributed by atoms with E-state index in [2.05, 4.69) is 15.5 Å². The fourth-order valence-corrected chi connectivity index (χ4v) is 3.34. The van der Waals surface area contributed by atoms with Crippen molar-refractivity contribution in [1.82, 2.24) is 20.1 Å². The summed E-state index contributed by atoms with van der Waals surface area (Å²) in [6.07, 6.45) is 0.654. The first-order valence-corrected chi connectivity index (χ1v) is 9.68. The van der Waals surface area contributed by atoms with Crippen LogP contribution < -0.4 is 5.32 Å². The number of thioether (sulfide) groups is 1. The van der Waals surface area contributed by atoms with E-state index in [9.17, 15) is 9.18 Å². The monoisotopic (exact) mass is 404 g/mol. The van der Waals surface area contributed by atoms with Crippen LogP contribution in [0.25, 0.3) is 11.4 Å². The first-order valence-electron chi connectivity index (χ1n) is 8.32. The molecule has 0 aliphatic heterocycles. The van der Waals surface area contributed by atoms with Crippen molar-refractivity contribution in [3.05, 3.63) is 64.9 Å². The molecule has 1 N–H and O–H groups in total. The molecule has 3 aromatic rings. The van der Waals surface area contributed by atoms with Crippen LogP contribution >= 0.6 is 23.4 Å². The molecule has 0 fully saturated rings. The Morgan fingerprint density at radius 3 is 2.56 bits per heavy atom. The summed E-state index contributed by atoms with van der Waals surface area (Å²) in [6, 6.07) is 13.6. The van der Waals surface area contributed by atoms with Crippen LogP contribution in [0.4, 0.5) is 4.39 Å². The summed E-state index contributed by atoms with van der Waals surface area (Å²) >= 11 is 7.23. The first-order chi connectivity index (χ1) is 13.0. The molecule has 5 nitrogen and oxygen atoms in total. The molecule has 0 spiro atoms. The number of hydrogen-bond acceptors (Lipinski definition) is 4. The normalized spacial score (nSPS) is 10.8. The van der Waals surface area contributed by atoms with Gasteiger partial charge in [0, 0.05) is 24.2 Å². The lowest BCUT2D eigenvalue weighted by Crippen LogP contribution is -2.27. The number of nitrogens with zero attached hydrogens (tertiary/aromatic N) is 3. The Morgan fingerprint density at radius 2 is 1.85 bits per heavy atom. The van der Waals surface area contributed by atoms with Crippen LogP contribution in [0.1, 0.15) is 5.56 Å². The van der Waals surface area contributed by atoms with Crippen molar-refractivity contribution >= 4 is 29.3 Å². The summed E-state index contributed by atoms with van der Waals surface area (Å²) in [7, 11) is 1.86. The maximum atomic E-state index is 12.9. The molecule has 8 heteroatoms. The largest absolute Gasteiger partial charge is 0.355 e. The summed E-state index contributed by atoms with van der Waals surface area (Å²) in [5, 5.41) is 12.5. The average molecular weight is 405 g/mol. The van der Waals surface area contributed by atoms with E-state index >= 15 is 0 Å². The molecule has 2 aromatic carbocycles. The van der Waals surface area contributed by atoms with E-state index in [4.69, 9.17) is 11.6 Å². The van der Waals surface area contributed by atoms with E-state index in [-0.39, 0.29) is 17.5 Å². The van der Waals surface area contributed by atoms with E-state index in [1.54, 1.807) is 24.3 Å². The Balaban J connectivity index is 1.49. The van der Waals surface area contributed by atoms with Crippen LogP contribution in [0.3, 0.4) is 0 Å². The van der Waals surface area contributed by atoms with Gasteiger partial charge in [-0.05, 0) is 48.4 Å². The molecule has 1 amide bonds. The highest BCUT2D eigenvalue weighted by molar-refractivity contribution is 7.99. The number of carbonyl (C=O) groups is 1. The standard InChI is InChI=1S/C19H18ClFN4OS/c1-25-18(14-4-6-15(20)7-5-14)23-24-19(25)27-12-17(26)22-11-10-13-2-8-16(21)9-3-13/h2-9H,10-12H2,1H3,(H,22,26). The number of nitrogens with one attached hydrogen (secondary N) is 1. The van der Waals surface area contributed by atoms with Crippen molar-refractivity contribution in [2.24, 2.45) is 7.05 Å². The Morgan fingerprint density at radius 1 is 1.15 bits per heavy atom. The zero-order chi connectivity index (χ0) is 19.2. The molecule has 27 heavy (non-hydrogen) atoms. The molecule has 0 aliphatic rings. The molecule has 0 saturated carbocycles. The summed E-state index contributed by atoms with van der Waals surface area (Å²) in [6.45, 7) is 0.500. The quantitative estimate of drug-likeness (QED) is 0.609. The minimum atomic E-state index is -0.263. The van der Waals surface area contributed by atoms with Crippen molar-refractivity contribution in [3.8, 4) is 11.4 Å². The van der Waals surface area contributed by atoms with Crippen LogP contribution in [0.2, 0.25) is 5.02 Å². The average Bonchev–Trinajstić information content (AvgIpc) is 3.03. The van der Waals surface area contributed by atoms with Gasteiger partial charge in [0.05, 0.1) is 5.75 Å². The van der Waals surface area contributed by atoms with E-state index in [1.807, 2.05) is 23.7 Å². The first kappa shape index (κ1) is 19.4. The molecule has 0 atom stereocenters. The highest BCUT2D eigenvalue weighted by Crippen LogP contribution is 2.23. The van der Waals surface area contributed by atoms with Gasteiger partial charge in [0.2, 0.25) is 5.91 Å². The molecular weight excluding hydrogens is 387 g/mol. The summed E-state index contributed by atoms with van der Waals surface area (Å²) in [5.41, 5.74) is 1.88. The lowest BCUT2D eigenvalue weighted by Gasteiger charge is -2.06. The molecule has 0 aliphatic carbocycles. The number of amides is 1. The second-order valence-electron chi connectivity index (χ2n) is 5.89. The highest BCUT2D eigenvalue weighted by Gasteiger charge is 2.12. The molecule has 1 aromatic heterocycles. The van der Waals surface area contributed by atoms with Crippen molar-refractivity contribution < 1.29 is 9.18 Å². The van der Waals surface area contributed by atoms with Gasteiger partial charge < -0.3 is 9.88 Å². The van der Waals surface area contributed by atoms with Gasteiger partial charge in [-0.2, -0.15) is 0 Å². The van der Waals surface area contributed by atoms with Gasteiger partial charge in [-0.3, -0.25) is 4.79 Å². The Bertz CT molecular complexity index is 912. The Labute approximate surface area is 166 Å². The minimum Gasteiger partial charge on any atom is -0.355 e. The van der Waals surface area contributed by atoms with Gasteiger partial charge in [0.15, 0.2) is 11.0 Å². The van der Waals surface area contributed by atoms with E-state index in [1.165, 1.54) is 23.9 Å². The lowest BCUT2D eigenvalue weighted by atomic mass is 10.1. The summed E-state index contributed by atoms with van der Waals surface area (Å²) in [5.74, 6) is 0.612. The second kappa shape index (κ2) is 9.01. The number of aromatic nitrogens is 3. The number of hydrogen-bond donors (Lipinski definition) is 1. The number of benzene rings is 2. The van der Waals surface area contributed by atoms with E-state index in [0.717, 1.165) is 11.1 Å². The summed E-state index contributed by atoms with van der Waals surface area (Å²) in [4.78, 5) is 12.0. The maximum absolute atomic E-state index is 12.9. The van der Waals surface area contributed by atoms with Gasteiger partial charge in [-0.25, -0.2) is 4.39 Å². The van der Waals surface area contributed by atoms with Gasteiger partial charge in [0.1, 0.15) is 5.82 Å². The maximum Gasteiger partial charge on any atom is 0.230 e. The molecule has 0 unspecified atom stereocenters. The van der Waals surface area contributed by atoms with Crippen LogP contribution in [-0.4, -0.2) is 33.0 Å². The molecule has 140 valence electrons. The van der Waals surface area contributed by atoms with Crippen LogP contribution in [0.15, 0.2) is 53.7 Å². The molecule has 1 heterocycles. The molecule has 0 saturated heterocycles. The lowest BCUT2D eigenvalue weighted by molar-refractivity contribution is -0.118. The van der Waals surface area contributed by atoms with Gasteiger partial charge in [-0.15, -0.1) is 10.2 Å². The van der Waals surface area contributed by atoms with Crippen LogP contribution in [0.5, 0.6) is 0 Å². The second-order valence-corrected chi connectivity index (χ2v) is 7.27. The van der Waals surface area contributed by atoms with Crippen molar-refractivity contribution in [2.45, 2.75) is 11.6 Å². The third-order valence-electron chi connectivity index (χ3n) is 3.92. The SMILES string of the molecule is Cn1c(SCC(=O)NCCc2ccc(F)cc2)nnc1-c1ccc(Cl)cc1. The highest BCUT2D eigenvalue weighted by atomic mass is 35.5. The minimum absolute atomic E-state index is 0.0850. The number of halogens is 2. The molecule has 0 radical (unpaired) electrons. The molecule has 3 rings (SSSR count). The third-order valence-corrected chi connectivity index (χ3v) is 5.19. The summed E-state index contributed by atoms with van der Waals surface area (Å²) < 4.78 is 14.7. The fraction of sp³-hybridized carbons (Fsp3) is 0.211. The Hall–Kier alpha value is -2.38. The van der Waals surface area contributed by atoms with Crippen LogP contribution in [-0.2, 0) is 18.3 Å².